The molecule has 1 rings (SSSR count). The van der Waals surface area contributed by atoms with E-state index < -0.39 is 5.97 Å². The Labute approximate surface area is 97.4 Å². The van der Waals surface area contributed by atoms with Crippen LogP contribution in [0.3, 0.4) is 0 Å². The Morgan fingerprint density at radius 3 is 2.47 bits per heavy atom. The lowest BCUT2D eigenvalue weighted by Gasteiger charge is -2.18. The maximum absolute atomic E-state index is 10.5. The minimum absolute atomic E-state index is 0.0660. The van der Waals surface area contributed by atoms with E-state index in [1.54, 1.807) is 0 Å². The number of carboxylic acids is 1. The largest absolute Gasteiger partial charge is 0.481 e. The number of nitrogens with two attached hydrogens (primary N) is 1. The van der Waals surface area contributed by atoms with Crippen molar-refractivity contribution in [3.63, 3.8) is 0 Å². The smallest absolute Gasteiger partial charge is 0.303 e. The van der Waals surface area contributed by atoms with E-state index in [9.17, 15) is 4.79 Å². The Kier molecular flexibility index (Phi) is 4.29. The van der Waals surface area contributed by atoms with Gasteiger partial charge in [0.05, 0.1) is 0 Å². The molecule has 1 aromatic rings. The Morgan fingerprint density at radius 2 is 2.00 bits per heavy atom. The number of rotatable bonds is 4. The van der Waals surface area contributed by atoms with E-state index in [1.807, 2.05) is 31.2 Å². The lowest BCUT2D eigenvalue weighted by molar-refractivity contribution is -0.138. The molecule has 0 aliphatic rings. The first-order valence-electron chi connectivity index (χ1n) is 4.73. The molecular weight excluding hydrogens is 258 g/mol. The highest BCUT2D eigenvalue weighted by Crippen LogP contribution is 2.23. The molecule has 3 N–H and O–H groups in total. The van der Waals surface area contributed by atoms with E-state index in [0.717, 1.165) is 10.0 Å². The van der Waals surface area contributed by atoms with E-state index in [4.69, 9.17) is 10.8 Å². The summed E-state index contributed by atoms with van der Waals surface area (Å²) in [4.78, 5) is 10.5. The van der Waals surface area contributed by atoms with Crippen molar-refractivity contribution in [2.75, 3.05) is 0 Å². The van der Waals surface area contributed by atoms with Gasteiger partial charge in [-0.05, 0) is 23.6 Å². The minimum Gasteiger partial charge on any atom is -0.481 e. The van der Waals surface area contributed by atoms with Gasteiger partial charge in [-0.25, -0.2) is 0 Å². The van der Waals surface area contributed by atoms with Gasteiger partial charge in [0.25, 0.3) is 0 Å². The van der Waals surface area contributed by atoms with Crippen molar-refractivity contribution in [3.05, 3.63) is 34.3 Å². The third-order valence-electron chi connectivity index (χ3n) is 2.36. The molecule has 2 unspecified atom stereocenters. The second-order valence-electron chi connectivity index (χ2n) is 3.65. The first kappa shape index (κ1) is 12.2. The van der Waals surface area contributed by atoms with Gasteiger partial charge in [-0.1, -0.05) is 35.0 Å². The molecule has 0 saturated heterocycles. The summed E-state index contributed by atoms with van der Waals surface area (Å²) >= 11 is 3.34. The number of hydrogen-bond donors (Lipinski definition) is 2. The zero-order valence-electron chi connectivity index (χ0n) is 8.48. The average Bonchev–Trinajstić information content (AvgIpc) is 2.17. The van der Waals surface area contributed by atoms with Crippen molar-refractivity contribution < 1.29 is 9.90 Å². The van der Waals surface area contributed by atoms with Gasteiger partial charge in [0, 0.05) is 16.9 Å². The summed E-state index contributed by atoms with van der Waals surface area (Å²) in [6, 6.07) is 7.40. The molecule has 2 atom stereocenters. The fourth-order valence-corrected chi connectivity index (χ4v) is 1.68. The Hall–Kier alpha value is -0.870. The first-order valence-corrected chi connectivity index (χ1v) is 5.53. The van der Waals surface area contributed by atoms with E-state index in [0.29, 0.717) is 0 Å². The number of aliphatic carboxylic acids is 1. The van der Waals surface area contributed by atoms with Gasteiger partial charge < -0.3 is 10.8 Å². The number of benzene rings is 1. The van der Waals surface area contributed by atoms with Crippen molar-refractivity contribution in [1.29, 1.82) is 0 Å². The highest BCUT2D eigenvalue weighted by molar-refractivity contribution is 9.10. The summed E-state index contributed by atoms with van der Waals surface area (Å²) in [6.07, 6.45) is 0.0945. The Bertz CT molecular complexity index is 337. The number of carbonyl (C=O) groups is 1. The van der Waals surface area contributed by atoms with Crippen LogP contribution in [0.4, 0.5) is 0 Å². The molecule has 0 radical (unpaired) electrons. The van der Waals surface area contributed by atoms with E-state index >= 15 is 0 Å². The molecule has 0 amide bonds. The Balaban J connectivity index is 2.71. The summed E-state index contributed by atoms with van der Waals surface area (Å²) < 4.78 is 0.990. The fourth-order valence-electron chi connectivity index (χ4n) is 1.42. The molecular formula is C11H14BrNO2. The third-order valence-corrected chi connectivity index (χ3v) is 2.89. The monoisotopic (exact) mass is 271 g/mol. The van der Waals surface area contributed by atoms with E-state index in [2.05, 4.69) is 15.9 Å². The normalized spacial score (nSPS) is 14.6. The van der Waals surface area contributed by atoms with Crippen LogP contribution in [0.5, 0.6) is 0 Å². The molecule has 1 aromatic carbocycles. The zero-order chi connectivity index (χ0) is 11.4. The molecule has 0 aliphatic carbocycles. The molecule has 4 heteroatoms. The summed E-state index contributed by atoms with van der Waals surface area (Å²) in [6.45, 7) is 1.85. The van der Waals surface area contributed by atoms with Crippen LogP contribution in [-0.4, -0.2) is 11.1 Å². The molecule has 3 nitrogen and oxygen atoms in total. The molecule has 82 valence electrons. The lowest BCUT2D eigenvalue weighted by Crippen LogP contribution is -2.21. The zero-order valence-corrected chi connectivity index (χ0v) is 10.1. The van der Waals surface area contributed by atoms with E-state index in [1.165, 1.54) is 0 Å². The van der Waals surface area contributed by atoms with Crippen LogP contribution in [0.1, 0.15) is 24.9 Å². The molecule has 0 heterocycles. The Morgan fingerprint density at radius 1 is 1.47 bits per heavy atom. The van der Waals surface area contributed by atoms with Crippen molar-refractivity contribution in [2.45, 2.75) is 19.4 Å². The van der Waals surface area contributed by atoms with Crippen molar-refractivity contribution in [1.82, 2.24) is 0 Å². The molecule has 0 bridgehead atoms. The molecule has 0 saturated carbocycles. The van der Waals surface area contributed by atoms with Gasteiger partial charge in [0.2, 0.25) is 0 Å². The van der Waals surface area contributed by atoms with Crippen molar-refractivity contribution in [2.24, 2.45) is 11.7 Å². The summed E-state index contributed by atoms with van der Waals surface area (Å²) in [7, 11) is 0. The molecule has 15 heavy (non-hydrogen) atoms. The molecule has 0 aromatic heterocycles. The second-order valence-corrected chi connectivity index (χ2v) is 4.57. The highest BCUT2D eigenvalue weighted by atomic mass is 79.9. The fraction of sp³-hybridized carbons (Fsp3) is 0.364. The molecule has 0 spiro atoms. The number of hydrogen-bond acceptors (Lipinski definition) is 2. The van der Waals surface area contributed by atoms with Gasteiger partial charge in [-0.2, -0.15) is 0 Å². The maximum Gasteiger partial charge on any atom is 0.303 e. The summed E-state index contributed by atoms with van der Waals surface area (Å²) in [5, 5.41) is 8.66. The summed E-state index contributed by atoms with van der Waals surface area (Å²) in [5.74, 6) is -0.876. The number of carboxylic acid groups (broad SMARTS) is 1. The predicted molar refractivity (Wildman–Crippen MR) is 62.5 cm³/mol. The van der Waals surface area contributed by atoms with E-state index in [-0.39, 0.29) is 18.4 Å². The van der Waals surface area contributed by atoms with Gasteiger partial charge >= 0.3 is 5.97 Å². The van der Waals surface area contributed by atoms with Gasteiger partial charge in [-0.15, -0.1) is 0 Å². The van der Waals surface area contributed by atoms with Crippen LogP contribution in [0, 0.1) is 5.92 Å². The van der Waals surface area contributed by atoms with Crippen LogP contribution >= 0.6 is 15.9 Å². The number of halogens is 1. The lowest BCUT2D eigenvalue weighted by atomic mass is 9.93. The molecule has 0 fully saturated rings. The van der Waals surface area contributed by atoms with Crippen molar-refractivity contribution in [3.8, 4) is 0 Å². The standard InChI is InChI=1S/C11H14BrNO2/c1-7(6-10(14)15)11(13)8-2-4-9(12)5-3-8/h2-5,7,11H,6,13H2,1H3,(H,14,15). The quantitative estimate of drug-likeness (QED) is 0.885. The van der Waals surface area contributed by atoms with Crippen LogP contribution in [0.15, 0.2) is 28.7 Å². The second kappa shape index (κ2) is 5.28. The van der Waals surface area contributed by atoms with Crippen LogP contribution in [-0.2, 0) is 4.79 Å². The first-order chi connectivity index (χ1) is 7.00. The van der Waals surface area contributed by atoms with Crippen LogP contribution in [0.25, 0.3) is 0 Å². The average molecular weight is 272 g/mol. The summed E-state index contributed by atoms with van der Waals surface area (Å²) in [5.41, 5.74) is 6.92. The topological polar surface area (TPSA) is 63.3 Å². The molecule has 0 aliphatic heterocycles. The maximum atomic E-state index is 10.5. The predicted octanol–water partition coefficient (Wildman–Crippen LogP) is 2.56. The van der Waals surface area contributed by atoms with Gasteiger partial charge in [0.1, 0.15) is 0 Å². The minimum atomic E-state index is -0.810. The highest BCUT2D eigenvalue weighted by Gasteiger charge is 2.17. The van der Waals surface area contributed by atoms with Crippen LogP contribution < -0.4 is 5.73 Å². The van der Waals surface area contributed by atoms with Gasteiger partial charge in [-0.3, -0.25) is 4.79 Å². The van der Waals surface area contributed by atoms with Gasteiger partial charge in [0.15, 0.2) is 0 Å². The SMILES string of the molecule is CC(CC(=O)O)C(N)c1ccc(Br)cc1. The van der Waals surface area contributed by atoms with Crippen molar-refractivity contribution >= 4 is 21.9 Å². The van der Waals surface area contributed by atoms with Crippen LogP contribution in [0.2, 0.25) is 0 Å². The third kappa shape index (κ3) is 3.64.